The van der Waals surface area contributed by atoms with Crippen molar-refractivity contribution < 1.29 is 49.5 Å². The van der Waals surface area contributed by atoms with E-state index in [0.717, 1.165) is 4.90 Å². The quantitative estimate of drug-likeness (QED) is 0.363. The Hall–Kier alpha value is -2.17. The molecule has 3 fully saturated rings. The molecule has 1 spiro atoms. The second-order valence-corrected chi connectivity index (χ2v) is 7.30. The number of urea groups is 1. The molecule has 3 rings (SSSR count). The second-order valence-electron chi connectivity index (χ2n) is 6.30. The monoisotopic (exact) mass is 418 g/mol. The van der Waals surface area contributed by atoms with Gasteiger partial charge < -0.3 is 9.64 Å². The molecule has 0 aromatic carbocycles. The van der Waals surface area contributed by atoms with Gasteiger partial charge in [0.05, 0.1) is 19.3 Å². The number of rotatable bonds is 3. The van der Waals surface area contributed by atoms with Crippen LogP contribution in [0.25, 0.3) is 0 Å². The maximum absolute atomic E-state index is 12.4. The minimum atomic E-state index is -5.22. The molecule has 3 N–H and O–H groups in total. The zero-order valence-corrected chi connectivity index (χ0v) is 14.0. The summed E-state index contributed by atoms with van der Waals surface area (Å²) in [4.78, 5) is 36.3. The first kappa shape index (κ1) is 19.6. The molecule has 3 aliphatic rings. The number of nitrogens with zero attached hydrogens (tertiary/aromatic N) is 2. The van der Waals surface area contributed by atoms with Crippen LogP contribution in [0.4, 0.5) is 18.0 Å². The van der Waals surface area contributed by atoms with Crippen molar-refractivity contribution in [2.45, 2.75) is 24.7 Å². The lowest BCUT2D eigenvalue weighted by Crippen LogP contribution is -2.64. The van der Waals surface area contributed by atoms with Crippen molar-refractivity contribution in [3.63, 3.8) is 0 Å². The molecule has 16 heteroatoms. The van der Waals surface area contributed by atoms with Crippen LogP contribution in [0.2, 0.25) is 0 Å². The molecular formula is C11H13F3N4O8S. The highest BCUT2D eigenvalue weighted by molar-refractivity contribution is 7.80. The van der Waals surface area contributed by atoms with Crippen LogP contribution >= 0.6 is 0 Å². The molecule has 2 atom stereocenters. The molecule has 3 heterocycles. The molecule has 0 aromatic rings. The number of hydrogen-bond donors (Lipinski definition) is 3. The highest BCUT2D eigenvalue weighted by Crippen LogP contribution is 2.47. The predicted molar refractivity (Wildman–Crippen MR) is 74.4 cm³/mol. The summed E-state index contributed by atoms with van der Waals surface area (Å²) in [6, 6.07) is -3.26. The minimum Gasteiger partial charge on any atom is -0.380 e. The Morgan fingerprint density at radius 1 is 1.30 bits per heavy atom. The van der Waals surface area contributed by atoms with Crippen molar-refractivity contribution in [2.75, 3.05) is 19.8 Å². The van der Waals surface area contributed by atoms with E-state index in [1.54, 1.807) is 5.43 Å². The number of nitrogens with one attached hydrogen (secondary N) is 2. The van der Waals surface area contributed by atoms with Gasteiger partial charge in [-0.2, -0.15) is 26.7 Å². The average Bonchev–Trinajstić information content (AvgIpc) is 2.76. The molecule has 0 radical (unpaired) electrons. The number of halogens is 3. The maximum Gasteiger partial charge on any atom is 0.472 e. The Bertz CT molecular complexity index is 783. The number of ether oxygens (including phenoxy) is 1. The van der Waals surface area contributed by atoms with Crippen molar-refractivity contribution in [3.8, 4) is 0 Å². The summed E-state index contributed by atoms with van der Waals surface area (Å²) < 4.78 is 76.8. The van der Waals surface area contributed by atoms with Gasteiger partial charge in [0.15, 0.2) is 0 Å². The zero-order chi connectivity index (χ0) is 20.2. The molecule has 0 saturated carbocycles. The van der Waals surface area contributed by atoms with E-state index in [-0.39, 0.29) is 26.2 Å². The van der Waals surface area contributed by atoms with Gasteiger partial charge in [0.2, 0.25) is 0 Å². The van der Waals surface area contributed by atoms with E-state index >= 15 is 0 Å². The van der Waals surface area contributed by atoms with Crippen LogP contribution in [0.1, 0.15) is 6.42 Å². The van der Waals surface area contributed by atoms with E-state index in [0.29, 0.717) is 5.06 Å². The van der Waals surface area contributed by atoms with E-state index in [9.17, 15) is 36.0 Å². The smallest absolute Gasteiger partial charge is 0.380 e. The molecule has 12 nitrogen and oxygen atoms in total. The number of fused-ring (bicyclic) bond motifs is 3. The summed E-state index contributed by atoms with van der Waals surface area (Å²) in [7, 11) is -5.03. The molecular weight excluding hydrogens is 405 g/mol. The van der Waals surface area contributed by atoms with Crippen molar-refractivity contribution >= 4 is 28.2 Å². The number of hydroxylamine groups is 2. The Morgan fingerprint density at radius 2 is 1.93 bits per heavy atom. The number of hydrogen-bond acceptors (Lipinski definition) is 7. The summed E-state index contributed by atoms with van der Waals surface area (Å²) in [6.07, 6.45) is -5.31. The molecule has 0 aliphatic carbocycles. The van der Waals surface area contributed by atoms with Gasteiger partial charge in [-0.3, -0.25) is 25.0 Å². The number of carbonyl (C=O) groups is 3. The molecule has 4 amide bonds. The van der Waals surface area contributed by atoms with Gasteiger partial charge in [-0.1, -0.05) is 0 Å². The second kappa shape index (κ2) is 6.18. The van der Waals surface area contributed by atoms with Gasteiger partial charge in [0, 0.05) is 12.0 Å². The van der Waals surface area contributed by atoms with Crippen molar-refractivity contribution in [1.82, 2.24) is 20.8 Å². The topological polar surface area (TPSA) is 155 Å². The van der Waals surface area contributed by atoms with E-state index in [2.05, 4.69) is 4.28 Å². The lowest BCUT2D eigenvalue weighted by Gasteiger charge is -2.50. The van der Waals surface area contributed by atoms with Crippen LogP contribution in [-0.4, -0.2) is 78.8 Å². The molecule has 2 bridgehead atoms. The SMILES string of the molecule is O=C(NNC(=O)C(F)(F)F)[C@@H]1CC2(COC2)[C@@H]2CN1C(=O)N2OS(=O)(=O)O. The first-order valence-electron chi connectivity index (χ1n) is 7.36. The van der Waals surface area contributed by atoms with Gasteiger partial charge >= 0.3 is 28.5 Å². The van der Waals surface area contributed by atoms with E-state index in [1.807, 2.05) is 0 Å². The van der Waals surface area contributed by atoms with Crippen LogP contribution in [0.3, 0.4) is 0 Å². The Labute approximate surface area is 149 Å². The standard InChI is InChI=1S/C11H13F3N4O8S/c12-11(13,14)8(20)16-15-7(19)5-1-10(3-25-4-10)6-2-17(5)9(21)18(6)26-27(22,23)24/h5-6H,1-4H2,(H,15,19)(H,16,20)(H,22,23,24)/t5-,6-/m0/s1. The summed E-state index contributed by atoms with van der Waals surface area (Å²) in [6.45, 7) is -0.130. The fourth-order valence-corrected chi connectivity index (χ4v) is 3.67. The normalized spacial score (nSPS) is 26.7. The van der Waals surface area contributed by atoms with Gasteiger partial charge in [0.25, 0.3) is 5.91 Å². The lowest BCUT2D eigenvalue weighted by atomic mass is 9.71. The lowest BCUT2D eigenvalue weighted by molar-refractivity contribution is -0.193. The Morgan fingerprint density at radius 3 is 2.41 bits per heavy atom. The molecule has 27 heavy (non-hydrogen) atoms. The average molecular weight is 418 g/mol. The third-order valence-corrected chi connectivity index (χ3v) is 4.93. The van der Waals surface area contributed by atoms with Gasteiger partial charge in [-0.15, -0.1) is 4.28 Å². The summed E-state index contributed by atoms with van der Waals surface area (Å²) in [5, 5.41) is 0.402. The van der Waals surface area contributed by atoms with Crippen LogP contribution in [0, 0.1) is 5.41 Å². The molecule has 0 aromatic heterocycles. The van der Waals surface area contributed by atoms with Gasteiger partial charge in [-0.05, 0) is 6.42 Å². The van der Waals surface area contributed by atoms with Gasteiger partial charge in [-0.25, -0.2) is 4.79 Å². The fourth-order valence-electron chi connectivity index (χ4n) is 3.30. The maximum atomic E-state index is 12.4. The van der Waals surface area contributed by atoms with Gasteiger partial charge in [0.1, 0.15) is 6.04 Å². The van der Waals surface area contributed by atoms with Crippen molar-refractivity contribution in [1.29, 1.82) is 0 Å². The van der Waals surface area contributed by atoms with E-state index in [1.165, 1.54) is 5.43 Å². The Balaban J connectivity index is 1.78. The summed E-state index contributed by atoms with van der Waals surface area (Å²) in [5.74, 6) is -3.52. The largest absolute Gasteiger partial charge is 0.472 e. The highest BCUT2D eigenvalue weighted by atomic mass is 32.3. The molecule has 3 saturated heterocycles. The van der Waals surface area contributed by atoms with Crippen LogP contribution in [0.5, 0.6) is 0 Å². The predicted octanol–water partition coefficient (Wildman–Crippen LogP) is -1.67. The van der Waals surface area contributed by atoms with Crippen LogP contribution in [0.15, 0.2) is 0 Å². The van der Waals surface area contributed by atoms with Crippen LogP contribution < -0.4 is 10.9 Å². The van der Waals surface area contributed by atoms with E-state index < -0.39 is 51.9 Å². The number of amides is 4. The summed E-state index contributed by atoms with van der Waals surface area (Å²) in [5.41, 5.74) is 1.88. The number of hydrazine groups is 1. The van der Waals surface area contributed by atoms with Crippen molar-refractivity contribution in [3.05, 3.63) is 0 Å². The Kier molecular flexibility index (Phi) is 4.48. The molecule has 152 valence electrons. The first-order chi connectivity index (χ1) is 12.3. The highest BCUT2D eigenvalue weighted by Gasteiger charge is 2.63. The summed E-state index contributed by atoms with van der Waals surface area (Å²) >= 11 is 0. The first-order valence-corrected chi connectivity index (χ1v) is 8.72. The van der Waals surface area contributed by atoms with E-state index in [4.69, 9.17) is 9.29 Å². The third kappa shape index (κ3) is 3.52. The number of piperidine rings is 1. The molecule has 3 aliphatic heterocycles. The zero-order valence-electron chi connectivity index (χ0n) is 13.2. The van der Waals surface area contributed by atoms with Crippen molar-refractivity contribution in [2.24, 2.45) is 5.41 Å². The number of alkyl halides is 3. The molecule has 0 unspecified atom stereocenters. The van der Waals surface area contributed by atoms with Crippen LogP contribution in [-0.2, 0) is 29.0 Å². The number of carbonyl (C=O) groups excluding carboxylic acids is 3. The fraction of sp³-hybridized carbons (Fsp3) is 0.727. The minimum absolute atomic E-state index is 0.0306. The third-order valence-electron chi connectivity index (χ3n) is 4.58.